The molecule has 2 heterocycles. The summed E-state index contributed by atoms with van der Waals surface area (Å²) in [5, 5.41) is 3.37. The van der Waals surface area contributed by atoms with Crippen LogP contribution in [0.5, 0.6) is 0 Å². The molecule has 84 valence electrons. The Morgan fingerprint density at radius 1 is 1.44 bits per heavy atom. The van der Waals surface area contributed by atoms with Crippen LogP contribution in [-0.2, 0) is 0 Å². The van der Waals surface area contributed by atoms with Gasteiger partial charge in [-0.3, -0.25) is 4.98 Å². The van der Waals surface area contributed by atoms with Crippen molar-refractivity contribution in [2.45, 2.75) is 19.9 Å². The zero-order valence-corrected chi connectivity index (χ0v) is 10.8. The number of pyridine rings is 1. The molecule has 3 nitrogen and oxygen atoms in total. The summed E-state index contributed by atoms with van der Waals surface area (Å²) >= 11 is 3.45. The molecule has 0 bridgehead atoms. The minimum absolute atomic E-state index is 0.104. The minimum Gasteiger partial charge on any atom is -0.466 e. The SMILES string of the molecule is Cc1ccncc1NC(C)c1occc1Br. The maximum atomic E-state index is 5.41. The van der Waals surface area contributed by atoms with Gasteiger partial charge >= 0.3 is 0 Å². The summed E-state index contributed by atoms with van der Waals surface area (Å²) in [7, 11) is 0. The van der Waals surface area contributed by atoms with Gasteiger partial charge in [0.2, 0.25) is 0 Å². The lowest BCUT2D eigenvalue weighted by molar-refractivity contribution is 0.488. The number of hydrogen-bond donors (Lipinski definition) is 1. The van der Waals surface area contributed by atoms with Crippen LogP contribution in [0.1, 0.15) is 24.3 Å². The number of furan rings is 1. The first-order chi connectivity index (χ1) is 7.68. The van der Waals surface area contributed by atoms with E-state index in [1.165, 1.54) is 5.56 Å². The molecular formula is C12H13BrN2O. The number of aryl methyl sites for hydroxylation is 1. The van der Waals surface area contributed by atoms with Crippen molar-refractivity contribution in [1.82, 2.24) is 4.98 Å². The summed E-state index contributed by atoms with van der Waals surface area (Å²) < 4.78 is 6.39. The average molecular weight is 281 g/mol. The third-order valence-corrected chi connectivity index (χ3v) is 3.10. The van der Waals surface area contributed by atoms with E-state index in [4.69, 9.17) is 4.42 Å². The maximum Gasteiger partial charge on any atom is 0.139 e. The number of rotatable bonds is 3. The molecule has 0 aromatic carbocycles. The van der Waals surface area contributed by atoms with Crippen LogP contribution >= 0.6 is 15.9 Å². The van der Waals surface area contributed by atoms with Gasteiger partial charge in [-0.15, -0.1) is 0 Å². The summed E-state index contributed by atoms with van der Waals surface area (Å²) in [5.74, 6) is 0.892. The van der Waals surface area contributed by atoms with E-state index in [1.54, 1.807) is 12.5 Å². The first-order valence-electron chi connectivity index (χ1n) is 5.08. The summed E-state index contributed by atoms with van der Waals surface area (Å²) in [6, 6.07) is 3.97. The lowest BCUT2D eigenvalue weighted by Crippen LogP contribution is -2.07. The van der Waals surface area contributed by atoms with Gasteiger partial charge in [-0.25, -0.2) is 0 Å². The molecule has 1 atom stereocenters. The van der Waals surface area contributed by atoms with Crippen LogP contribution in [0, 0.1) is 6.92 Å². The maximum absolute atomic E-state index is 5.41. The van der Waals surface area contributed by atoms with E-state index < -0.39 is 0 Å². The lowest BCUT2D eigenvalue weighted by atomic mass is 10.2. The fourth-order valence-corrected chi connectivity index (χ4v) is 2.07. The van der Waals surface area contributed by atoms with Crippen LogP contribution in [0.25, 0.3) is 0 Å². The van der Waals surface area contributed by atoms with Gasteiger partial charge in [0.25, 0.3) is 0 Å². The Bertz CT molecular complexity index is 481. The van der Waals surface area contributed by atoms with Crippen molar-refractivity contribution in [3.05, 3.63) is 46.6 Å². The first-order valence-corrected chi connectivity index (χ1v) is 5.88. The van der Waals surface area contributed by atoms with Crippen molar-refractivity contribution < 1.29 is 4.42 Å². The fourth-order valence-electron chi connectivity index (χ4n) is 1.53. The Balaban J connectivity index is 2.17. The van der Waals surface area contributed by atoms with E-state index in [0.717, 1.165) is 15.9 Å². The standard InChI is InChI=1S/C12H13BrN2O/c1-8-3-5-14-7-11(8)15-9(2)12-10(13)4-6-16-12/h3-7,9,15H,1-2H3. The number of anilines is 1. The predicted molar refractivity (Wildman–Crippen MR) is 67.4 cm³/mol. The van der Waals surface area contributed by atoms with E-state index in [1.807, 2.05) is 25.3 Å². The first kappa shape index (κ1) is 11.2. The Morgan fingerprint density at radius 2 is 2.25 bits per heavy atom. The molecule has 1 N–H and O–H groups in total. The van der Waals surface area contributed by atoms with Crippen LogP contribution in [0.3, 0.4) is 0 Å². The number of halogens is 1. The fraction of sp³-hybridized carbons (Fsp3) is 0.250. The summed E-state index contributed by atoms with van der Waals surface area (Å²) in [6.07, 6.45) is 5.28. The molecule has 2 aromatic heterocycles. The second-order valence-corrected chi connectivity index (χ2v) is 4.54. The highest BCUT2D eigenvalue weighted by Gasteiger charge is 2.13. The molecule has 1 unspecified atom stereocenters. The second kappa shape index (κ2) is 4.70. The zero-order chi connectivity index (χ0) is 11.5. The number of nitrogens with one attached hydrogen (secondary N) is 1. The van der Waals surface area contributed by atoms with Gasteiger partial charge in [0.15, 0.2) is 0 Å². The zero-order valence-electron chi connectivity index (χ0n) is 9.20. The Kier molecular flexibility index (Phi) is 3.29. The van der Waals surface area contributed by atoms with Gasteiger partial charge in [0.1, 0.15) is 5.76 Å². The number of nitrogens with zero attached hydrogens (tertiary/aromatic N) is 1. The van der Waals surface area contributed by atoms with Crippen molar-refractivity contribution in [3.8, 4) is 0 Å². The molecule has 16 heavy (non-hydrogen) atoms. The monoisotopic (exact) mass is 280 g/mol. The molecule has 2 aromatic rings. The third kappa shape index (κ3) is 2.27. The lowest BCUT2D eigenvalue weighted by Gasteiger charge is -2.14. The molecule has 0 amide bonds. The molecule has 0 aliphatic carbocycles. The molecule has 0 spiro atoms. The topological polar surface area (TPSA) is 38.1 Å². The minimum atomic E-state index is 0.104. The van der Waals surface area contributed by atoms with E-state index in [2.05, 4.69) is 33.2 Å². The highest BCUT2D eigenvalue weighted by molar-refractivity contribution is 9.10. The highest BCUT2D eigenvalue weighted by atomic mass is 79.9. The van der Waals surface area contributed by atoms with E-state index in [0.29, 0.717) is 0 Å². The molecule has 0 aliphatic rings. The van der Waals surface area contributed by atoms with Crippen LogP contribution in [0.2, 0.25) is 0 Å². The van der Waals surface area contributed by atoms with Gasteiger partial charge in [-0.2, -0.15) is 0 Å². The van der Waals surface area contributed by atoms with Crippen LogP contribution in [-0.4, -0.2) is 4.98 Å². The smallest absolute Gasteiger partial charge is 0.139 e. The second-order valence-electron chi connectivity index (χ2n) is 3.69. The van der Waals surface area contributed by atoms with Gasteiger partial charge in [0, 0.05) is 6.20 Å². The van der Waals surface area contributed by atoms with Gasteiger partial charge in [-0.05, 0) is 47.5 Å². The van der Waals surface area contributed by atoms with E-state index in [-0.39, 0.29) is 6.04 Å². The van der Waals surface area contributed by atoms with Gasteiger partial charge in [0.05, 0.1) is 28.7 Å². The molecule has 2 rings (SSSR count). The summed E-state index contributed by atoms with van der Waals surface area (Å²) in [6.45, 7) is 4.10. The highest BCUT2D eigenvalue weighted by Crippen LogP contribution is 2.27. The summed E-state index contributed by atoms with van der Waals surface area (Å²) in [4.78, 5) is 4.10. The normalized spacial score (nSPS) is 12.4. The van der Waals surface area contributed by atoms with Crippen molar-refractivity contribution in [1.29, 1.82) is 0 Å². The third-order valence-electron chi connectivity index (χ3n) is 2.45. The largest absolute Gasteiger partial charge is 0.466 e. The molecule has 0 saturated carbocycles. The molecule has 0 aliphatic heterocycles. The molecular weight excluding hydrogens is 268 g/mol. The van der Waals surface area contributed by atoms with Crippen molar-refractivity contribution in [3.63, 3.8) is 0 Å². The van der Waals surface area contributed by atoms with Crippen molar-refractivity contribution in [2.75, 3.05) is 5.32 Å². The quantitative estimate of drug-likeness (QED) is 0.926. The van der Waals surface area contributed by atoms with Crippen molar-refractivity contribution >= 4 is 21.6 Å². The predicted octanol–water partition coefficient (Wildman–Crippen LogP) is 3.92. The van der Waals surface area contributed by atoms with E-state index >= 15 is 0 Å². The Morgan fingerprint density at radius 3 is 2.88 bits per heavy atom. The van der Waals surface area contributed by atoms with Crippen LogP contribution in [0.15, 0.2) is 39.7 Å². The number of aromatic nitrogens is 1. The Labute approximate surface area is 103 Å². The molecule has 0 fully saturated rings. The van der Waals surface area contributed by atoms with Crippen molar-refractivity contribution in [2.24, 2.45) is 0 Å². The average Bonchev–Trinajstić information content (AvgIpc) is 2.68. The van der Waals surface area contributed by atoms with E-state index in [9.17, 15) is 0 Å². The molecule has 4 heteroatoms. The number of hydrogen-bond acceptors (Lipinski definition) is 3. The van der Waals surface area contributed by atoms with Crippen LogP contribution < -0.4 is 5.32 Å². The van der Waals surface area contributed by atoms with Gasteiger partial charge in [-0.1, -0.05) is 0 Å². The molecule has 0 radical (unpaired) electrons. The Hall–Kier alpha value is -1.29. The van der Waals surface area contributed by atoms with Crippen LogP contribution in [0.4, 0.5) is 5.69 Å². The summed E-state index contributed by atoms with van der Waals surface area (Å²) in [5.41, 5.74) is 2.20. The van der Waals surface area contributed by atoms with Gasteiger partial charge < -0.3 is 9.73 Å². The molecule has 0 saturated heterocycles.